The molecule has 0 aromatic carbocycles. The van der Waals surface area contributed by atoms with Gasteiger partial charge in [-0.25, -0.2) is 0 Å². The normalized spacial score (nSPS) is 20.0. The van der Waals surface area contributed by atoms with Crippen molar-refractivity contribution >= 4 is 23.1 Å². The van der Waals surface area contributed by atoms with Gasteiger partial charge in [0.25, 0.3) is 0 Å². The van der Waals surface area contributed by atoms with Crippen LogP contribution in [0.2, 0.25) is 0 Å². The van der Waals surface area contributed by atoms with Gasteiger partial charge in [0, 0.05) is 13.1 Å². The molecule has 2 aliphatic heterocycles. The molecule has 0 spiro atoms. The second-order valence-corrected chi connectivity index (χ2v) is 3.25. The van der Waals surface area contributed by atoms with Crippen molar-refractivity contribution in [3.05, 3.63) is 23.7 Å². The molecule has 0 atom stereocenters. The first kappa shape index (κ1) is 14.8. The van der Waals surface area contributed by atoms with Crippen LogP contribution >= 0.6 is 0 Å². The van der Waals surface area contributed by atoms with Gasteiger partial charge in [-0.05, 0) is 25.9 Å². The Morgan fingerprint density at radius 3 is 1.40 bits per heavy atom. The van der Waals surface area contributed by atoms with Crippen LogP contribution in [0.5, 0.6) is 0 Å². The molecular formula is C10H16MgN2O2. The maximum Gasteiger partial charge on any atom is 2.00 e. The van der Waals surface area contributed by atoms with Gasteiger partial charge in [0.15, 0.2) is 0 Å². The molecule has 0 radical (unpaired) electrons. The Kier molecular flexibility index (Phi) is 8.89. The van der Waals surface area contributed by atoms with E-state index in [9.17, 15) is 10.2 Å². The van der Waals surface area contributed by atoms with Crippen molar-refractivity contribution < 1.29 is 10.2 Å². The molecule has 0 saturated heterocycles. The zero-order valence-corrected chi connectivity index (χ0v) is 10.3. The van der Waals surface area contributed by atoms with Crippen molar-refractivity contribution in [2.45, 2.75) is 12.8 Å². The largest absolute Gasteiger partial charge is 2.00 e. The van der Waals surface area contributed by atoms with Gasteiger partial charge in [0.2, 0.25) is 0 Å². The minimum absolute atomic E-state index is 0. The summed E-state index contributed by atoms with van der Waals surface area (Å²) in [5, 5.41) is 26.8. The summed E-state index contributed by atoms with van der Waals surface area (Å²) in [7, 11) is 0. The smallest absolute Gasteiger partial charge is 0.876 e. The van der Waals surface area contributed by atoms with Crippen molar-refractivity contribution in [3.63, 3.8) is 0 Å². The maximum absolute atomic E-state index is 10.4. The van der Waals surface area contributed by atoms with E-state index in [1.165, 1.54) is 0 Å². The molecule has 2 aliphatic rings. The second-order valence-electron chi connectivity index (χ2n) is 3.25. The topological polar surface area (TPSA) is 70.2 Å². The molecule has 0 amide bonds. The Labute approximate surface area is 107 Å². The average Bonchev–Trinajstić information content (AvgIpc) is 2.21. The van der Waals surface area contributed by atoms with E-state index in [-0.39, 0.29) is 34.6 Å². The molecule has 0 aromatic heterocycles. The summed E-state index contributed by atoms with van der Waals surface area (Å²) in [5.41, 5.74) is 0. The maximum atomic E-state index is 10.4. The van der Waals surface area contributed by atoms with Crippen LogP contribution in [0.15, 0.2) is 23.7 Å². The molecule has 0 saturated carbocycles. The molecule has 0 aromatic rings. The predicted molar refractivity (Wildman–Crippen MR) is 56.9 cm³/mol. The molecule has 0 fully saturated rings. The molecule has 0 unspecified atom stereocenters. The summed E-state index contributed by atoms with van der Waals surface area (Å²) in [6.45, 7) is 3.24. The Hall–Kier alpha value is -0.234. The zero-order chi connectivity index (χ0) is 10.2. The van der Waals surface area contributed by atoms with Crippen molar-refractivity contribution in [1.82, 2.24) is 10.6 Å². The standard InChI is InChI=1S/2C5H9NO.Mg/c2*7-5-1-3-6-4-2-5;/h2*1,6-7H,2-4H2;/q;;+2/p-2. The van der Waals surface area contributed by atoms with Gasteiger partial charge in [-0.3, -0.25) is 0 Å². The molecule has 2 N–H and O–H groups in total. The van der Waals surface area contributed by atoms with Crippen LogP contribution in [-0.4, -0.2) is 49.2 Å². The van der Waals surface area contributed by atoms with Crippen molar-refractivity contribution in [1.29, 1.82) is 0 Å². The molecule has 0 bridgehead atoms. The zero-order valence-electron chi connectivity index (χ0n) is 8.92. The van der Waals surface area contributed by atoms with E-state index in [0.29, 0.717) is 12.8 Å². The Bertz CT molecular complexity index is 205. The summed E-state index contributed by atoms with van der Waals surface area (Å²) in [5.74, 6) is 0.553. The van der Waals surface area contributed by atoms with Crippen molar-refractivity contribution in [2.24, 2.45) is 0 Å². The molecule has 4 nitrogen and oxygen atoms in total. The summed E-state index contributed by atoms with van der Waals surface area (Å²) in [6, 6.07) is 0. The number of nitrogens with one attached hydrogen (secondary N) is 2. The summed E-state index contributed by atoms with van der Waals surface area (Å²) < 4.78 is 0. The van der Waals surface area contributed by atoms with E-state index in [4.69, 9.17) is 0 Å². The van der Waals surface area contributed by atoms with Gasteiger partial charge < -0.3 is 20.8 Å². The molecule has 5 heteroatoms. The third kappa shape index (κ3) is 7.67. The summed E-state index contributed by atoms with van der Waals surface area (Å²) >= 11 is 0. The quantitative estimate of drug-likeness (QED) is 0.467. The van der Waals surface area contributed by atoms with Crippen LogP contribution in [0.1, 0.15) is 12.8 Å². The van der Waals surface area contributed by atoms with E-state index in [0.717, 1.165) is 26.2 Å². The molecule has 15 heavy (non-hydrogen) atoms. The molecule has 80 valence electrons. The first-order valence-corrected chi connectivity index (χ1v) is 4.92. The molecule has 2 rings (SSSR count). The summed E-state index contributed by atoms with van der Waals surface area (Å²) in [6.07, 6.45) is 4.73. The van der Waals surface area contributed by atoms with Crippen LogP contribution in [0.25, 0.3) is 0 Å². The van der Waals surface area contributed by atoms with Gasteiger partial charge in [0.1, 0.15) is 0 Å². The fourth-order valence-electron chi connectivity index (χ4n) is 1.20. The fraction of sp³-hybridized carbons (Fsp3) is 0.600. The first-order chi connectivity index (χ1) is 6.79. The van der Waals surface area contributed by atoms with E-state index < -0.39 is 0 Å². The molecule has 2 heterocycles. The van der Waals surface area contributed by atoms with Gasteiger partial charge in [0.05, 0.1) is 0 Å². The molecular weight excluding hydrogens is 204 g/mol. The van der Waals surface area contributed by atoms with Crippen LogP contribution in [0.3, 0.4) is 0 Å². The van der Waals surface area contributed by atoms with Gasteiger partial charge in [-0.1, -0.05) is 12.2 Å². The minimum Gasteiger partial charge on any atom is -0.876 e. The van der Waals surface area contributed by atoms with Gasteiger partial charge in [-0.2, -0.15) is 0 Å². The van der Waals surface area contributed by atoms with E-state index in [1.54, 1.807) is 12.2 Å². The third-order valence-corrected chi connectivity index (χ3v) is 2.04. The third-order valence-electron chi connectivity index (χ3n) is 2.04. The fourth-order valence-corrected chi connectivity index (χ4v) is 1.20. The number of rotatable bonds is 0. The van der Waals surface area contributed by atoms with E-state index in [2.05, 4.69) is 10.6 Å². The van der Waals surface area contributed by atoms with Gasteiger partial charge in [-0.15, -0.1) is 11.5 Å². The first-order valence-electron chi connectivity index (χ1n) is 4.92. The summed E-state index contributed by atoms with van der Waals surface area (Å²) in [4.78, 5) is 0. The van der Waals surface area contributed by atoms with Crippen LogP contribution in [0.4, 0.5) is 0 Å². The van der Waals surface area contributed by atoms with Gasteiger partial charge >= 0.3 is 23.1 Å². The Balaban J connectivity index is 0.000000245. The predicted octanol–water partition coefficient (Wildman–Crippen LogP) is -1.93. The van der Waals surface area contributed by atoms with Crippen molar-refractivity contribution in [2.75, 3.05) is 26.2 Å². The SMILES string of the molecule is [Mg+2].[O-]C1=CCNCC1.[O-]C1=CCNCC1. The van der Waals surface area contributed by atoms with Crippen molar-refractivity contribution in [3.8, 4) is 0 Å². The monoisotopic (exact) mass is 220 g/mol. The number of hydrogen-bond donors (Lipinski definition) is 2. The van der Waals surface area contributed by atoms with E-state index in [1.807, 2.05) is 0 Å². The molecule has 0 aliphatic carbocycles. The minimum atomic E-state index is 0. The van der Waals surface area contributed by atoms with Crippen LogP contribution in [-0.2, 0) is 0 Å². The van der Waals surface area contributed by atoms with Crippen LogP contribution < -0.4 is 20.8 Å². The average molecular weight is 221 g/mol. The van der Waals surface area contributed by atoms with Crippen LogP contribution in [0, 0.1) is 0 Å². The second kappa shape index (κ2) is 9.03. The Morgan fingerprint density at radius 2 is 1.27 bits per heavy atom. The van der Waals surface area contributed by atoms with E-state index >= 15 is 0 Å². The Morgan fingerprint density at radius 1 is 0.867 bits per heavy atom. The number of hydrogen-bond acceptors (Lipinski definition) is 4.